The number of carbonyl (C=O) groups excluding carboxylic acids is 4. The summed E-state index contributed by atoms with van der Waals surface area (Å²) in [6.07, 6.45) is 1.42. The van der Waals surface area contributed by atoms with Gasteiger partial charge in [-0.1, -0.05) is 61.5 Å². The molecule has 0 saturated carbocycles. The van der Waals surface area contributed by atoms with Crippen LogP contribution in [0.3, 0.4) is 0 Å². The van der Waals surface area contributed by atoms with Crippen molar-refractivity contribution in [2.75, 3.05) is 70.4 Å². The summed E-state index contributed by atoms with van der Waals surface area (Å²) < 4.78 is 6.19. The standard InChI is InChI=1S/C46H50N6O6/c1-2-39(32-6-4-3-5-7-32)43(33-8-13-37(53)14-9-33)34-10-15-38(16-11-34)58-29-28-48-20-22-50(23-21-48)46(57)51-26-24-49(25-27-51)36-12-17-40-35(30-36)31-52(45(40)56)41-18-19-42(54)47-44(41)55/h3-17,30,41,53H,2,18-29,31H2,1H3,(H,47,54,55)/b43-39-. The van der Waals surface area contributed by atoms with E-state index in [2.05, 4.69) is 58.4 Å². The second-order valence-corrected chi connectivity index (χ2v) is 15.3. The lowest BCUT2D eigenvalue weighted by molar-refractivity contribution is -0.136. The number of fused-ring (bicyclic) bond motifs is 1. The molecular weight excluding hydrogens is 733 g/mol. The van der Waals surface area contributed by atoms with Crippen molar-refractivity contribution in [1.82, 2.24) is 24.9 Å². The number of ether oxygens (including phenoxy) is 1. The van der Waals surface area contributed by atoms with E-state index in [0.717, 1.165) is 59.8 Å². The number of nitrogens with zero attached hydrogens (tertiary/aromatic N) is 5. The molecule has 1 unspecified atom stereocenters. The Balaban J connectivity index is 0.795. The molecule has 0 aliphatic carbocycles. The molecule has 4 aliphatic rings. The number of anilines is 1. The number of nitrogens with one attached hydrogen (secondary N) is 1. The van der Waals surface area contributed by atoms with Crippen molar-refractivity contribution in [3.05, 3.63) is 125 Å². The number of amides is 5. The fraction of sp³-hybridized carbons (Fsp3) is 0.348. The maximum Gasteiger partial charge on any atom is 0.320 e. The molecule has 4 aromatic carbocycles. The van der Waals surface area contributed by atoms with Gasteiger partial charge < -0.3 is 29.4 Å². The van der Waals surface area contributed by atoms with Gasteiger partial charge in [-0.2, -0.15) is 0 Å². The van der Waals surface area contributed by atoms with E-state index in [1.54, 1.807) is 17.0 Å². The molecule has 4 aromatic rings. The third-order valence-electron chi connectivity index (χ3n) is 11.8. The molecule has 12 heteroatoms. The highest BCUT2D eigenvalue weighted by Gasteiger charge is 2.39. The van der Waals surface area contributed by atoms with Crippen molar-refractivity contribution in [2.45, 2.75) is 38.8 Å². The lowest BCUT2D eigenvalue weighted by Gasteiger charge is -2.41. The number of urea groups is 1. The molecule has 0 spiro atoms. The Hall–Kier alpha value is -6.14. The molecule has 4 heterocycles. The summed E-state index contributed by atoms with van der Waals surface area (Å²) in [5, 5.41) is 12.3. The number of phenols is 1. The molecule has 3 fully saturated rings. The number of carbonyl (C=O) groups is 4. The fourth-order valence-electron chi connectivity index (χ4n) is 8.59. The first-order valence-corrected chi connectivity index (χ1v) is 20.4. The second-order valence-electron chi connectivity index (χ2n) is 15.3. The average Bonchev–Trinajstić information content (AvgIpc) is 3.58. The third-order valence-corrected chi connectivity index (χ3v) is 11.8. The maximum atomic E-state index is 13.5. The van der Waals surface area contributed by atoms with Gasteiger partial charge in [0.2, 0.25) is 11.8 Å². The Morgan fingerprint density at radius 2 is 1.43 bits per heavy atom. The molecule has 2 N–H and O–H groups in total. The molecular formula is C46H50N6O6. The predicted octanol–water partition coefficient (Wildman–Crippen LogP) is 5.46. The first-order valence-electron chi connectivity index (χ1n) is 20.4. The first-order chi connectivity index (χ1) is 28.2. The van der Waals surface area contributed by atoms with E-state index < -0.39 is 11.9 Å². The number of aromatic hydroxyl groups is 1. The minimum absolute atomic E-state index is 0.0780. The lowest BCUT2D eigenvalue weighted by atomic mass is 9.88. The minimum Gasteiger partial charge on any atom is -0.508 e. The van der Waals surface area contributed by atoms with Gasteiger partial charge in [0.05, 0.1) is 0 Å². The predicted molar refractivity (Wildman–Crippen MR) is 222 cm³/mol. The summed E-state index contributed by atoms with van der Waals surface area (Å²) in [4.78, 5) is 60.8. The number of allylic oxidation sites excluding steroid dienone is 1. The molecule has 5 amide bonds. The first kappa shape index (κ1) is 38.7. The fourth-order valence-corrected chi connectivity index (χ4v) is 8.59. The van der Waals surface area contributed by atoms with Gasteiger partial charge >= 0.3 is 6.03 Å². The van der Waals surface area contributed by atoms with Crippen LogP contribution in [0.4, 0.5) is 10.5 Å². The summed E-state index contributed by atoms with van der Waals surface area (Å²) in [5.41, 5.74) is 8.15. The highest BCUT2D eigenvalue weighted by Crippen LogP contribution is 2.36. The van der Waals surface area contributed by atoms with Crippen LogP contribution >= 0.6 is 0 Å². The number of hydrogen-bond acceptors (Lipinski definition) is 8. The third kappa shape index (κ3) is 8.29. The van der Waals surface area contributed by atoms with Crippen LogP contribution in [0.25, 0.3) is 11.1 Å². The van der Waals surface area contributed by atoms with E-state index in [4.69, 9.17) is 4.74 Å². The van der Waals surface area contributed by atoms with Crippen LogP contribution in [0.15, 0.2) is 97.1 Å². The zero-order chi connectivity index (χ0) is 40.2. The van der Waals surface area contributed by atoms with Gasteiger partial charge in [0.25, 0.3) is 5.91 Å². The highest BCUT2D eigenvalue weighted by atomic mass is 16.5. The average molecular weight is 783 g/mol. The van der Waals surface area contributed by atoms with E-state index in [1.807, 2.05) is 58.3 Å². The quantitative estimate of drug-likeness (QED) is 0.161. The zero-order valence-corrected chi connectivity index (χ0v) is 32.9. The van der Waals surface area contributed by atoms with Crippen LogP contribution in [-0.2, 0) is 16.1 Å². The molecule has 12 nitrogen and oxygen atoms in total. The highest BCUT2D eigenvalue weighted by molar-refractivity contribution is 6.05. The van der Waals surface area contributed by atoms with E-state index in [-0.39, 0.29) is 30.0 Å². The van der Waals surface area contributed by atoms with Crippen molar-refractivity contribution >= 4 is 40.6 Å². The number of piperazine rings is 2. The number of rotatable bonds is 10. The SMILES string of the molecule is CC/C(=C(\c1ccc(O)cc1)c1ccc(OCCN2CCN(C(=O)N3CCN(c4ccc5c(c4)CN(C4CCC(=O)NC4=O)C5=O)CC3)CC2)cc1)c1ccccc1. The van der Waals surface area contributed by atoms with Crippen molar-refractivity contribution in [2.24, 2.45) is 0 Å². The Bertz CT molecular complexity index is 2170. The van der Waals surface area contributed by atoms with E-state index in [1.165, 1.54) is 11.1 Å². The Labute approximate surface area is 339 Å². The van der Waals surface area contributed by atoms with Crippen LogP contribution < -0.4 is 15.0 Å². The Morgan fingerprint density at radius 3 is 2.09 bits per heavy atom. The number of benzene rings is 4. The largest absolute Gasteiger partial charge is 0.508 e. The summed E-state index contributed by atoms with van der Waals surface area (Å²) in [5.74, 6) is 0.165. The van der Waals surface area contributed by atoms with Gasteiger partial charge in [-0.15, -0.1) is 0 Å². The topological polar surface area (TPSA) is 126 Å². The molecule has 0 bridgehead atoms. The molecule has 58 heavy (non-hydrogen) atoms. The summed E-state index contributed by atoms with van der Waals surface area (Å²) in [6, 6.07) is 31.3. The summed E-state index contributed by atoms with van der Waals surface area (Å²) in [6.45, 7) is 9.36. The van der Waals surface area contributed by atoms with Crippen molar-refractivity contribution in [3.8, 4) is 11.5 Å². The van der Waals surface area contributed by atoms with Crippen LogP contribution in [-0.4, -0.2) is 120 Å². The molecule has 0 aromatic heterocycles. The minimum atomic E-state index is -0.634. The van der Waals surface area contributed by atoms with Crippen LogP contribution in [0, 0.1) is 0 Å². The maximum absolute atomic E-state index is 13.5. The lowest BCUT2D eigenvalue weighted by Crippen LogP contribution is -2.57. The van der Waals surface area contributed by atoms with Crippen molar-refractivity contribution in [1.29, 1.82) is 0 Å². The van der Waals surface area contributed by atoms with Gasteiger partial charge in [-0.25, -0.2) is 4.79 Å². The normalized spacial score (nSPS) is 19.2. The van der Waals surface area contributed by atoms with Gasteiger partial charge in [-0.3, -0.25) is 24.6 Å². The van der Waals surface area contributed by atoms with Gasteiger partial charge in [0.15, 0.2) is 0 Å². The van der Waals surface area contributed by atoms with Crippen LogP contribution in [0.5, 0.6) is 11.5 Å². The molecule has 3 saturated heterocycles. The Morgan fingerprint density at radius 1 is 0.776 bits per heavy atom. The Kier molecular flexibility index (Phi) is 11.5. The second kappa shape index (κ2) is 17.2. The van der Waals surface area contributed by atoms with Crippen molar-refractivity contribution in [3.63, 3.8) is 0 Å². The molecule has 4 aliphatic heterocycles. The molecule has 1 atom stereocenters. The van der Waals surface area contributed by atoms with Gasteiger partial charge in [0.1, 0.15) is 24.1 Å². The van der Waals surface area contributed by atoms with Gasteiger partial charge in [0, 0.05) is 83.1 Å². The smallest absolute Gasteiger partial charge is 0.320 e. The van der Waals surface area contributed by atoms with E-state index in [0.29, 0.717) is 64.4 Å². The van der Waals surface area contributed by atoms with E-state index in [9.17, 15) is 24.3 Å². The number of hydrogen-bond donors (Lipinski definition) is 2. The number of phenolic OH excluding ortho intramolecular Hbond substituents is 1. The summed E-state index contributed by atoms with van der Waals surface area (Å²) >= 11 is 0. The summed E-state index contributed by atoms with van der Waals surface area (Å²) in [7, 11) is 0. The zero-order valence-electron chi connectivity index (χ0n) is 32.9. The van der Waals surface area contributed by atoms with Crippen LogP contribution in [0.1, 0.15) is 58.8 Å². The van der Waals surface area contributed by atoms with E-state index >= 15 is 0 Å². The molecule has 8 rings (SSSR count). The molecule has 300 valence electrons. The number of imide groups is 1. The monoisotopic (exact) mass is 782 g/mol. The number of piperidine rings is 1. The van der Waals surface area contributed by atoms with Gasteiger partial charge in [-0.05, 0) is 88.7 Å². The van der Waals surface area contributed by atoms with Crippen molar-refractivity contribution < 1.29 is 29.0 Å². The molecule has 0 radical (unpaired) electrons. The van der Waals surface area contributed by atoms with Crippen LogP contribution in [0.2, 0.25) is 0 Å².